The average Bonchev–Trinajstić information content (AvgIpc) is 2.27. The van der Waals surface area contributed by atoms with E-state index in [9.17, 15) is 22.0 Å². The summed E-state index contributed by atoms with van der Waals surface area (Å²) in [7, 11) is -3.76. The molecule has 0 unspecified atom stereocenters. The Labute approximate surface area is 90.8 Å². The van der Waals surface area contributed by atoms with Gasteiger partial charge in [-0.3, -0.25) is 0 Å². The number of alkyl halides is 2. The minimum Gasteiger partial charge on any atom is -0.465 e. The minimum absolute atomic E-state index is 0.398. The van der Waals surface area contributed by atoms with E-state index < -0.39 is 32.0 Å². The van der Waals surface area contributed by atoms with Crippen LogP contribution in [0, 0.1) is 0 Å². The Bertz CT molecular complexity index is 496. The second-order valence-electron chi connectivity index (χ2n) is 2.79. The van der Waals surface area contributed by atoms with E-state index in [4.69, 9.17) is 0 Å². The molecule has 0 aliphatic rings. The second kappa shape index (κ2) is 4.56. The highest BCUT2D eigenvalue weighted by atomic mass is 32.2. The van der Waals surface area contributed by atoms with Crippen LogP contribution in [-0.2, 0) is 14.6 Å². The van der Waals surface area contributed by atoms with Gasteiger partial charge < -0.3 is 4.74 Å². The zero-order valence-electron chi connectivity index (χ0n) is 8.18. The van der Waals surface area contributed by atoms with Gasteiger partial charge in [0.2, 0.25) is 9.84 Å². The quantitative estimate of drug-likeness (QED) is 0.762. The largest absolute Gasteiger partial charge is 0.465 e. The average molecular weight is 250 g/mol. The van der Waals surface area contributed by atoms with Crippen LogP contribution in [0.15, 0.2) is 29.2 Å². The summed E-state index contributed by atoms with van der Waals surface area (Å²) in [5, 5.41) is 0. The van der Waals surface area contributed by atoms with E-state index in [1.807, 2.05) is 0 Å². The first-order valence-corrected chi connectivity index (χ1v) is 5.65. The van der Waals surface area contributed by atoms with Crippen molar-refractivity contribution in [2.24, 2.45) is 0 Å². The molecule has 1 aromatic carbocycles. The lowest BCUT2D eigenvalue weighted by Crippen LogP contribution is -2.16. The highest BCUT2D eigenvalue weighted by molar-refractivity contribution is 7.91. The molecule has 1 aromatic rings. The third kappa shape index (κ3) is 2.19. The van der Waals surface area contributed by atoms with Crippen molar-refractivity contribution in [2.75, 3.05) is 7.11 Å². The molecule has 4 nitrogen and oxygen atoms in total. The SMILES string of the molecule is COC(=O)c1ccccc1S(=O)(=O)C(F)F. The molecule has 16 heavy (non-hydrogen) atoms. The number of rotatable bonds is 3. The lowest BCUT2D eigenvalue weighted by Gasteiger charge is -2.07. The number of carbonyl (C=O) groups is 1. The number of carbonyl (C=O) groups excluding carboxylic acids is 1. The summed E-state index contributed by atoms with van der Waals surface area (Å²) in [4.78, 5) is 10.4. The van der Waals surface area contributed by atoms with Crippen molar-refractivity contribution >= 4 is 15.8 Å². The van der Waals surface area contributed by atoms with Crippen molar-refractivity contribution in [3.8, 4) is 0 Å². The van der Waals surface area contributed by atoms with Crippen LogP contribution in [0.25, 0.3) is 0 Å². The number of methoxy groups -OCH3 is 1. The Balaban J connectivity index is 3.41. The van der Waals surface area contributed by atoms with Gasteiger partial charge in [-0.15, -0.1) is 0 Å². The first-order valence-electron chi connectivity index (χ1n) is 4.10. The molecule has 1 rings (SSSR count). The highest BCUT2D eigenvalue weighted by Gasteiger charge is 2.30. The molecular weight excluding hydrogens is 242 g/mol. The lowest BCUT2D eigenvalue weighted by atomic mass is 10.2. The van der Waals surface area contributed by atoms with Gasteiger partial charge >= 0.3 is 11.7 Å². The van der Waals surface area contributed by atoms with Crippen molar-refractivity contribution in [1.29, 1.82) is 0 Å². The number of hydrogen-bond acceptors (Lipinski definition) is 4. The van der Waals surface area contributed by atoms with Crippen LogP contribution in [0.1, 0.15) is 10.4 Å². The van der Waals surface area contributed by atoms with Gasteiger partial charge in [-0.2, -0.15) is 8.78 Å². The Kier molecular flexibility index (Phi) is 3.58. The summed E-state index contributed by atoms with van der Waals surface area (Å²) in [6.07, 6.45) is 0. The summed E-state index contributed by atoms with van der Waals surface area (Å²) < 4.78 is 51.3. The Morgan fingerprint density at radius 3 is 2.38 bits per heavy atom. The molecule has 0 bridgehead atoms. The fourth-order valence-electron chi connectivity index (χ4n) is 1.09. The molecule has 7 heteroatoms. The molecule has 0 aliphatic carbocycles. The summed E-state index contributed by atoms with van der Waals surface area (Å²) in [6, 6.07) is 4.66. The Morgan fingerprint density at radius 1 is 1.31 bits per heavy atom. The third-order valence-corrected chi connectivity index (χ3v) is 3.27. The number of esters is 1. The van der Waals surface area contributed by atoms with E-state index in [1.165, 1.54) is 12.1 Å². The maximum atomic E-state index is 12.3. The number of hydrogen-bond donors (Lipinski definition) is 0. The fraction of sp³-hybridized carbons (Fsp3) is 0.222. The standard InChI is InChI=1S/C9H8F2O4S/c1-15-8(12)6-4-2-3-5-7(6)16(13,14)9(10)11/h2-5,9H,1H3. The zero-order chi connectivity index (χ0) is 12.3. The van der Waals surface area contributed by atoms with Crippen LogP contribution >= 0.6 is 0 Å². The molecule has 0 radical (unpaired) electrons. The summed E-state index contributed by atoms with van der Waals surface area (Å²) in [5.41, 5.74) is -0.398. The number of benzene rings is 1. The summed E-state index contributed by atoms with van der Waals surface area (Å²) in [5.74, 6) is -4.54. The van der Waals surface area contributed by atoms with Gasteiger partial charge in [0.05, 0.1) is 17.6 Å². The van der Waals surface area contributed by atoms with E-state index >= 15 is 0 Å². The summed E-state index contributed by atoms with van der Waals surface area (Å²) >= 11 is 0. The van der Waals surface area contributed by atoms with Crippen molar-refractivity contribution in [1.82, 2.24) is 0 Å². The van der Waals surface area contributed by atoms with Crippen LogP contribution in [-0.4, -0.2) is 27.3 Å². The van der Waals surface area contributed by atoms with Gasteiger partial charge in [-0.25, -0.2) is 13.2 Å². The van der Waals surface area contributed by atoms with Gasteiger partial charge in [0.15, 0.2) is 0 Å². The lowest BCUT2D eigenvalue weighted by molar-refractivity contribution is 0.0596. The number of ether oxygens (including phenoxy) is 1. The van der Waals surface area contributed by atoms with E-state index in [1.54, 1.807) is 0 Å². The van der Waals surface area contributed by atoms with Crippen molar-refractivity contribution in [3.63, 3.8) is 0 Å². The molecule has 0 aromatic heterocycles. The van der Waals surface area contributed by atoms with Crippen LogP contribution in [0.2, 0.25) is 0 Å². The molecule has 0 heterocycles. The first kappa shape index (κ1) is 12.6. The maximum absolute atomic E-state index is 12.3. The van der Waals surface area contributed by atoms with Crippen molar-refractivity contribution in [2.45, 2.75) is 10.7 Å². The van der Waals surface area contributed by atoms with E-state index in [-0.39, 0.29) is 0 Å². The second-order valence-corrected chi connectivity index (χ2v) is 4.68. The molecular formula is C9H8F2O4S. The molecule has 88 valence electrons. The molecule has 0 atom stereocenters. The molecule has 0 spiro atoms. The fourth-order valence-corrected chi connectivity index (χ4v) is 2.01. The number of halogens is 2. The third-order valence-electron chi connectivity index (χ3n) is 1.83. The predicted molar refractivity (Wildman–Crippen MR) is 51.0 cm³/mol. The van der Waals surface area contributed by atoms with E-state index in [0.29, 0.717) is 0 Å². The Hall–Kier alpha value is -1.50. The van der Waals surface area contributed by atoms with Gasteiger partial charge in [0.25, 0.3) is 0 Å². The minimum atomic E-state index is -4.80. The van der Waals surface area contributed by atoms with Gasteiger partial charge in [-0.1, -0.05) is 12.1 Å². The van der Waals surface area contributed by atoms with Crippen molar-refractivity contribution in [3.05, 3.63) is 29.8 Å². The predicted octanol–water partition coefficient (Wildman–Crippen LogP) is 1.47. The van der Waals surface area contributed by atoms with E-state index in [2.05, 4.69) is 4.74 Å². The van der Waals surface area contributed by atoms with E-state index in [0.717, 1.165) is 19.2 Å². The maximum Gasteiger partial charge on any atom is 0.341 e. The highest BCUT2D eigenvalue weighted by Crippen LogP contribution is 2.22. The zero-order valence-corrected chi connectivity index (χ0v) is 9.00. The topological polar surface area (TPSA) is 60.4 Å². The van der Waals surface area contributed by atoms with Crippen molar-refractivity contribution < 1.29 is 26.7 Å². The molecule has 0 saturated heterocycles. The molecule has 0 aliphatic heterocycles. The first-order chi connectivity index (χ1) is 7.41. The normalized spacial score (nSPS) is 11.5. The molecule has 0 N–H and O–H groups in total. The van der Waals surface area contributed by atoms with Crippen LogP contribution in [0.3, 0.4) is 0 Å². The van der Waals surface area contributed by atoms with Crippen LogP contribution < -0.4 is 0 Å². The monoisotopic (exact) mass is 250 g/mol. The smallest absolute Gasteiger partial charge is 0.341 e. The summed E-state index contributed by atoms with van der Waals surface area (Å²) in [6.45, 7) is 0. The van der Waals surface area contributed by atoms with Gasteiger partial charge in [0, 0.05) is 0 Å². The van der Waals surface area contributed by atoms with Crippen LogP contribution in [0.5, 0.6) is 0 Å². The Morgan fingerprint density at radius 2 is 1.88 bits per heavy atom. The molecule has 0 saturated carbocycles. The molecule has 0 fully saturated rings. The van der Waals surface area contributed by atoms with Crippen LogP contribution in [0.4, 0.5) is 8.78 Å². The van der Waals surface area contributed by atoms with Gasteiger partial charge in [-0.05, 0) is 12.1 Å². The number of sulfone groups is 1. The van der Waals surface area contributed by atoms with Gasteiger partial charge in [0.1, 0.15) is 0 Å². The molecule has 0 amide bonds.